The predicted molar refractivity (Wildman–Crippen MR) is 117 cm³/mol. The number of ether oxygens (including phenoxy) is 1. The first-order chi connectivity index (χ1) is 15.0. The molecule has 31 heavy (non-hydrogen) atoms. The van der Waals surface area contributed by atoms with Gasteiger partial charge in [0.1, 0.15) is 5.82 Å². The van der Waals surface area contributed by atoms with Crippen molar-refractivity contribution in [2.45, 2.75) is 58.2 Å². The first kappa shape index (κ1) is 22.3. The number of aromatic nitrogens is 2. The summed E-state index contributed by atoms with van der Waals surface area (Å²) in [6.07, 6.45) is 6.86. The van der Waals surface area contributed by atoms with Crippen molar-refractivity contribution in [2.24, 2.45) is 18.9 Å². The van der Waals surface area contributed by atoms with Crippen molar-refractivity contribution in [1.29, 1.82) is 0 Å². The van der Waals surface area contributed by atoms with Crippen molar-refractivity contribution >= 4 is 11.8 Å². The molecule has 0 radical (unpaired) electrons. The number of carbonyl (C=O) groups excluding carboxylic acids is 2. The molecule has 8 heteroatoms. The largest absolute Gasteiger partial charge is 0.376 e. The van der Waals surface area contributed by atoms with E-state index in [1.54, 1.807) is 0 Å². The van der Waals surface area contributed by atoms with Crippen LogP contribution in [0.5, 0.6) is 0 Å². The molecule has 4 rings (SSSR count). The fraction of sp³-hybridized carbons (Fsp3) is 0.783. The molecule has 2 amide bonds. The lowest BCUT2D eigenvalue weighted by Crippen LogP contribution is -2.38. The molecule has 3 aliphatic heterocycles. The van der Waals surface area contributed by atoms with Crippen molar-refractivity contribution in [3.05, 3.63) is 18.2 Å². The molecule has 1 aromatic heterocycles. The lowest BCUT2D eigenvalue weighted by Gasteiger charge is -2.26. The van der Waals surface area contributed by atoms with Gasteiger partial charge in [0.15, 0.2) is 0 Å². The van der Waals surface area contributed by atoms with Crippen LogP contribution in [0.2, 0.25) is 0 Å². The lowest BCUT2D eigenvalue weighted by atomic mass is 9.84. The van der Waals surface area contributed by atoms with Gasteiger partial charge in [-0.25, -0.2) is 4.98 Å². The van der Waals surface area contributed by atoms with Crippen LogP contribution in [0.15, 0.2) is 12.4 Å². The van der Waals surface area contributed by atoms with Crippen molar-refractivity contribution in [3.8, 4) is 0 Å². The number of hydrogen-bond donors (Lipinski definition) is 0. The van der Waals surface area contributed by atoms with Gasteiger partial charge in [-0.1, -0.05) is 0 Å². The van der Waals surface area contributed by atoms with Gasteiger partial charge in [0.05, 0.1) is 25.7 Å². The predicted octanol–water partition coefficient (Wildman–Crippen LogP) is 1.51. The number of fused-ring (bicyclic) bond motifs is 1. The van der Waals surface area contributed by atoms with E-state index >= 15 is 0 Å². The van der Waals surface area contributed by atoms with Crippen molar-refractivity contribution < 1.29 is 14.3 Å². The number of hydrogen-bond acceptors (Lipinski definition) is 5. The third-order valence-corrected chi connectivity index (χ3v) is 7.49. The highest BCUT2D eigenvalue weighted by Crippen LogP contribution is 2.42. The Hall–Kier alpha value is -1.93. The maximum absolute atomic E-state index is 13.0. The van der Waals surface area contributed by atoms with Gasteiger partial charge in [0.25, 0.3) is 0 Å². The van der Waals surface area contributed by atoms with Gasteiger partial charge in [0, 0.05) is 70.5 Å². The third kappa shape index (κ3) is 4.65. The first-order valence-electron chi connectivity index (χ1n) is 11.9. The summed E-state index contributed by atoms with van der Waals surface area (Å²) in [6, 6.07) is 0.239. The standard InChI is InChI=1S/C23H37N5O3/c1-4-26(5-2)22(30)13-19-23-17(12-21(29)27-9-6-7-10-27)14-28(18(23)16-31-19)15-20-24-8-11-25(20)3/h8,11,17-19,23H,4-7,9-10,12-16H2,1-3H3/t17-,18-,19+,23-/m1/s1. The Morgan fingerprint density at radius 1 is 1.19 bits per heavy atom. The minimum absolute atomic E-state index is 0.110. The third-order valence-electron chi connectivity index (χ3n) is 7.49. The summed E-state index contributed by atoms with van der Waals surface area (Å²) in [5.74, 6) is 1.87. The maximum atomic E-state index is 13.0. The number of aryl methyl sites for hydroxylation is 1. The number of imidazole rings is 1. The quantitative estimate of drug-likeness (QED) is 0.624. The lowest BCUT2D eigenvalue weighted by molar-refractivity contribution is -0.134. The Morgan fingerprint density at radius 3 is 2.58 bits per heavy atom. The Morgan fingerprint density at radius 2 is 1.94 bits per heavy atom. The van der Waals surface area contributed by atoms with Gasteiger partial charge >= 0.3 is 0 Å². The topological polar surface area (TPSA) is 70.9 Å². The first-order valence-corrected chi connectivity index (χ1v) is 11.9. The van der Waals surface area contributed by atoms with Crippen LogP contribution >= 0.6 is 0 Å². The van der Waals surface area contributed by atoms with Gasteiger partial charge in [-0.3, -0.25) is 14.5 Å². The molecule has 4 atom stereocenters. The van der Waals surface area contributed by atoms with Crippen LogP contribution in [0.3, 0.4) is 0 Å². The van der Waals surface area contributed by atoms with Crippen molar-refractivity contribution in [1.82, 2.24) is 24.3 Å². The molecular weight excluding hydrogens is 394 g/mol. The molecule has 0 N–H and O–H groups in total. The van der Waals surface area contributed by atoms with E-state index in [0.717, 1.165) is 57.9 Å². The number of amides is 2. The highest BCUT2D eigenvalue weighted by molar-refractivity contribution is 5.77. The highest BCUT2D eigenvalue weighted by Gasteiger charge is 2.51. The monoisotopic (exact) mass is 431 g/mol. The molecule has 172 valence electrons. The fourth-order valence-electron chi connectivity index (χ4n) is 5.72. The summed E-state index contributed by atoms with van der Waals surface area (Å²) in [5.41, 5.74) is 0. The minimum Gasteiger partial charge on any atom is -0.376 e. The van der Waals surface area contributed by atoms with Gasteiger partial charge in [-0.05, 0) is 32.6 Å². The second-order valence-electron chi connectivity index (χ2n) is 9.22. The second kappa shape index (κ2) is 9.69. The summed E-state index contributed by atoms with van der Waals surface area (Å²) < 4.78 is 8.26. The molecule has 3 saturated heterocycles. The molecule has 0 saturated carbocycles. The average Bonchev–Trinajstić information content (AvgIpc) is 3.52. The fourth-order valence-corrected chi connectivity index (χ4v) is 5.72. The van der Waals surface area contributed by atoms with Crippen LogP contribution in [0.25, 0.3) is 0 Å². The number of likely N-dealkylation sites (tertiary alicyclic amines) is 2. The number of carbonyl (C=O) groups is 2. The highest BCUT2D eigenvalue weighted by atomic mass is 16.5. The summed E-state index contributed by atoms with van der Waals surface area (Å²) in [7, 11) is 2.01. The molecule has 4 heterocycles. The molecular formula is C23H37N5O3. The smallest absolute Gasteiger partial charge is 0.225 e. The number of rotatable bonds is 8. The average molecular weight is 432 g/mol. The van der Waals surface area contributed by atoms with Crippen molar-refractivity contribution in [2.75, 3.05) is 39.3 Å². The summed E-state index contributed by atoms with van der Waals surface area (Å²) >= 11 is 0. The van der Waals surface area contributed by atoms with E-state index in [9.17, 15) is 9.59 Å². The van der Waals surface area contributed by atoms with Crippen LogP contribution in [0, 0.1) is 11.8 Å². The molecule has 3 aliphatic rings. The Bertz CT molecular complexity index is 771. The molecule has 0 unspecified atom stereocenters. The molecule has 8 nitrogen and oxygen atoms in total. The van der Waals surface area contributed by atoms with Gasteiger partial charge in [-0.15, -0.1) is 0 Å². The normalized spacial score (nSPS) is 28.3. The van der Waals surface area contributed by atoms with Crippen LogP contribution in [-0.2, 0) is 27.9 Å². The summed E-state index contributed by atoms with van der Waals surface area (Å²) in [4.78, 5) is 36.6. The maximum Gasteiger partial charge on any atom is 0.225 e. The van der Waals surface area contributed by atoms with E-state index in [2.05, 4.69) is 14.5 Å². The SMILES string of the molecule is CCN(CC)C(=O)C[C@@H]1OC[C@@H]2[C@H]1[C@H](CC(=O)N1CCCC1)CN2Cc1nccn1C. The Balaban J connectivity index is 1.49. The molecule has 3 fully saturated rings. The van der Waals surface area contributed by atoms with Crippen LogP contribution in [0.4, 0.5) is 0 Å². The van der Waals surface area contributed by atoms with E-state index < -0.39 is 0 Å². The molecule has 0 bridgehead atoms. The van der Waals surface area contributed by atoms with E-state index in [1.807, 2.05) is 43.1 Å². The van der Waals surface area contributed by atoms with E-state index in [-0.39, 0.29) is 35.8 Å². The zero-order chi connectivity index (χ0) is 22.0. The van der Waals surface area contributed by atoms with Crippen LogP contribution in [0.1, 0.15) is 45.4 Å². The zero-order valence-corrected chi connectivity index (χ0v) is 19.2. The zero-order valence-electron chi connectivity index (χ0n) is 19.2. The Labute approximate surface area is 185 Å². The van der Waals surface area contributed by atoms with Crippen molar-refractivity contribution in [3.63, 3.8) is 0 Å². The number of nitrogens with zero attached hydrogens (tertiary/aromatic N) is 5. The van der Waals surface area contributed by atoms with Gasteiger partial charge < -0.3 is 19.1 Å². The summed E-state index contributed by atoms with van der Waals surface area (Å²) in [5, 5.41) is 0. The van der Waals surface area contributed by atoms with Crippen LogP contribution < -0.4 is 0 Å². The van der Waals surface area contributed by atoms with E-state index in [4.69, 9.17) is 4.74 Å². The second-order valence-corrected chi connectivity index (χ2v) is 9.22. The molecule has 1 aromatic rings. The molecule has 0 spiro atoms. The minimum atomic E-state index is -0.110. The summed E-state index contributed by atoms with van der Waals surface area (Å²) in [6.45, 7) is 9.48. The van der Waals surface area contributed by atoms with Gasteiger partial charge in [0.2, 0.25) is 11.8 Å². The van der Waals surface area contributed by atoms with E-state index in [1.165, 1.54) is 0 Å². The van der Waals surface area contributed by atoms with E-state index in [0.29, 0.717) is 19.4 Å². The van der Waals surface area contributed by atoms with Crippen LogP contribution in [-0.4, -0.2) is 87.5 Å². The molecule has 0 aliphatic carbocycles. The van der Waals surface area contributed by atoms with Gasteiger partial charge in [-0.2, -0.15) is 0 Å². The molecule has 0 aromatic carbocycles. The Kier molecular flexibility index (Phi) is 6.96.